The van der Waals surface area contributed by atoms with E-state index in [1.165, 1.54) is 18.2 Å². The van der Waals surface area contributed by atoms with Crippen LogP contribution in [-0.2, 0) is 9.47 Å². The van der Waals surface area contributed by atoms with Gasteiger partial charge in [0.05, 0.1) is 26.4 Å². The molecule has 1 heterocycles. The molecule has 2 aromatic carbocycles. The van der Waals surface area contributed by atoms with Gasteiger partial charge in [-0.3, -0.25) is 0 Å². The Morgan fingerprint density at radius 3 is 2.53 bits per heavy atom. The van der Waals surface area contributed by atoms with E-state index >= 15 is 0 Å². The molecule has 1 saturated heterocycles. The molecule has 7 heteroatoms. The van der Waals surface area contributed by atoms with Gasteiger partial charge in [0.15, 0.2) is 17.9 Å². The van der Waals surface area contributed by atoms with Gasteiger partial charge in [0.25, 0.3) is 0 Å². The maximum atomic E-state index is 14.5. The molecule has 0 amide bonds. The lowest BCUT2D eigenvalue weighted by atomic mass is 10.1. The molecule has 0 aliphatic carbocycles. The van der Waals surface area contributed by atoms with Gasteiger partial charge in [0.1, 0.15) is 11.6 Å². The van der Waals surface area contributed by atoms with E-state index in [0.717, 1.165) is 6.42 Å². The van der Waals surface area contributed by atoms with Crippen molar-refractivity contribution in [3.8, 4) is 11.5 Å². The lowest BCUT2D eigenvalue weighted by molar-refractivity contribution is -0.210. The first-order valence-electron chi connectivity index (χ1n) is 9.83. The molecule has 2 aromatic rings. The summed E-state index contributed by atoms with van der Waals surface area (Å²) in [6.07, 6.45) is 2.12. The average Bonchev–Trinajstić information content (AvgIpc) is 2.75. The van der Waals surface area contributed by atoms with Gasteiger partial charge in [-0.2, -0.15) is 4.39 Å². The minimum atomic E-state index is -1.06. The molecular formula is C23H25F3O4. The summed E-state index contributed by atoms with van der Waals surface area (Å²) in [4.78, 5) is 0. The number of unbranched alkanes of at least 4 members (excludes halogenated alkanes) is 1. The van der Waals surface area contributed by atoms with E-state index in [4.69, 9.17) is 18.9 Å². The van der Waals surface area contributed by atoms with Crippen LogP contribution in [-0.4, -0.2) is 26.4 Å². The van der Waals surface area contributed by atoms with E-state index in [9.17, 15) is 13.2 Å². The minimum absolute atomic E-state index is 0.0223. The molecule has 3 rings (SSSR count). The second kappa shape index (κ2) is 10.5. The molecule has 1 aliphatic rings. The topological polar surface area (TPSA) is 36.9 Å². The number of hydrogen-bond acceptors (Lipinski definition) is 4. The molecule has 0 aromatic heterocycles. The highest BCUT2D eigenvalue weighted by atomic mass is 19.2. The van der Waals surface area contributed by atoms with Crippen molar-refractivity contribution < 1.29 is 32.1 Å². The maximum absolute atomic E-state index is 14.5. The number of allylic oxidation sites excluding steroid dienone is 1. The van der Waals surface area contributed by atoms with Crippen molar-refractivity contribution in [3.63, 3.8) is 0 Å². The third-order valence-electron chi connectivity index (χ3n) is 4.74. The van der Waals surface area contributed by atoms with Crippen molar-refractivity contribution in [1.29, 1.82) is 0 Å². The van der Waals surface area contributed by atoms with Gasteiger partial charge in [0.2, 0.25) is 5.82 Å². The number of benzene rings is 2. The lowest BCUT2D eigenvalue weighted by Gasteiger charge is -2.29. The zero-order chi connectivity index (χ0) is 21.5. The Balaban J connectivity index is 1.52. The summed E-state index contributed by atoms with van der Waals surface area (Å²) >= 11 is 0. The Kier molecular flexibility index (Phi) is 7.76. The van der Waals surface area contributed by atoms with Crippen LogP contribution in [0, 0.1) is 30.3 Å². The summed E-state index contributed by atoms with van der Waals surface area (Å²) in [5, 5.41) is 0. The zero-order valence-corrected chi connectivity index (χ0v) is 16.8. The molecule has 0 radical (unpaired) electrons. The van der Waals surface area contributed by atoms with Crippen LogP contribution in [0.3, 0.4) is 0 Å². The van der Waals surface area contributed by atoms with Crippen LogP contribution in [0.2, 0.25) is 0 Å². The normalized spacial score (nSPS) is 18.8. The van der Waals surface area contributed by atoms with Crippen LogP contribution in [0.15, 0.2) is 43.0 Å². The summed E-state index contributed by atoms with van der Waals surface area (Å²) in [7, 11) is 0. The molecule has 0 saturated carbocycles. The van der Waals surface area contributed by atoms with E-state index in [1.54, 1.807) is 25.1 Å². The molecular weight excluding hydrogens is 397 g/mol. The molecule has 1 fully saturated rings. The van der Waals surface area contributed by atoms with Crippen molar-refractivity contribution in [1.82, 2.24) is 0 Å². The van der Waals surface area contributed by atoms with Crippen molar-refractivity contribution in [2.45, 2.75) is 26.1 Å². The second-order valence-electron chi connectivity index (χ2n) is 7.15. The number of ether oxygens (including phenoxy) is 4. The average molecular weight is 422 g/mol. The fourth-order valence-corrected chi connectivity index (χ4v) is 2.95. The Labute approximate surface area is 174 Å². The number of hydrogen-bond donors (Lipinski definition) is 0. The van der Waals surface area contributed by atoms with Gasteiger partial charge in [0, 0.05) is 17.5 Å². The van der Waals surface area contributed by atoms with Crippen LogP contribution >= 0.6 is 0 Å². The molecule has 0 spiro atoms. The van der Waals surface area contributed by atoms with Gasteiger partial charge in [-0.05, 0) is 43.5 Å². The fourth-order valence-electron chi connectivity index (χ4n) is 2.95. The van der Waals surface area contributed by atoms with Crippen molar-refractivity contribution in [2.24, 2.45) is 5.92 Å². The van der Waals surface area contributed by atoms with Gasteiger partial charge in [-0.25, -0.2) is 8.78 Å². The molecule has 162 valence electrons. The number of aryl methyl sites for hydroxylation is 1. The molecule has 0 N–H and O–H groups in total. The Morgan fingerprint density at radius 2 is 1.83 bits per heavy atom. The first-order chi connectivity index (χ1) is 14.5. The van der Waals surface area contributed by atoms with Crippen LogP contribution in [0.4, 0.5) is 13.2 Å². The van der Waals surface area contributed by atoms with E-state index in [-0.39, 0.29) is 49.5 Å². The third-order valence-corrected chi connectivity index (χ3v) is 4.74. The van der Waals surface area contributed by atoms with E-state index in [1.807, 2.05) is 0 Å². The Morgan fingerprint density at radius 1 is 1.07 bits per heavy atom. The summed E-state index contributed by atoms with van der Waals surface area (Å²) in [5.41, 5.74) is 0.517. The SMILES string of the molecule is C=CCCCOc1ccc(C2OCC(COc3ccc(C)c(F)c3)CO2)c(F)c1F. The third kappa shape index (κ3) is 5.55. The van der Waals surface area contributed by atoms with Crippen molar-refractivity contribution >= 4 is 0 Å². The lowest BCUT2D eigenvalue weighted by Crippen LogP contribution is -2.31. The van der Waals surface area contributed by atoms with Gasteiger partial charge < -0.3 is 18.9 Å². The Hall–Kier alpha value is -2.51. The molecule has 1 aliphatic heterocycles. The number of halogens is 3. The highest BCUT2D eigenvalue weighted by molar-refractivity contribution is 5.32. The highest BCUT2D eigenvalue weighted by Gasteiger charge is 2.28. The van der Waals surface area contributed by atoms with Crippen molar-refractivity contribution in [3.05, 3.63) is 71.6 Å². The summed E-state index contributed by atoms with van der Waals surface area (Å²) in [6.45, 7) is 6.27. The zero-order valence-electron chi connectivity index (χ0n) is 16.8. The smallest absolute Gasteiger partial charge is 0.201 e. The first kappa shape index (κ1) is 22.2. The molecule has 0 bridgehead atoms. The quantitative estimate of drug-likeness (QED) is 0.395. The number of rotatable bonds is 9. The summed E-state index contributed by atoms with van der Waals surface area (Å²) in [6, 6.07) is 7.42. The molecule has 4 nitrogen and oxygen atoms in total. The maximum Gasteiger partial charge on any atom is 0.201 e. The summed E-state index contributed by atoms with van der Waals surface area (Å²) in [5.74, 6) is -2.30. The molecule has 0 unspecified atom stereocenters. The largest absolute Gasteiger partial charge is 0.493 e. The van der Waals surface area contributed by atoms with Crippen LogP contribution < -0.4 is 9.47 Å². The second-order valence-corrected chi connectivity index (χ2v) is 7.15. The standard InChI is InChI=1S/C23H25F3O4/c1-3-4-5-10-27-20-9-8-18(21(25)22(20)26)23-29-13-16(14-30-23)12-28-17-7-6-15(2)19(24)11-17/h3,6-9,11,16,23H,1,4-5,10,12-14H2,2H3. The van der Waals surface area contributed by atoms with Crippen LogP contribution in [0.1, 0.15) is 30.3 Å². The van der Waals surface area contributed by atoms with E-state index in [0.29, 0.717) is 17.7 Å². The van der Waals surface area contributed by atoms with Gasteiger partial charge >= 0.3 is 0 Å². The fraction of sp³-hybridized carbons (Fsp3) is 0.391. The van der Waals surface area contributed by atoms with E-state index < -0.39 is 17.9 Å². The van der Waals surface area contributed by atoms with Gasteiger partial charge in [-0.1, -0.05) is 12.1 Å². The summed E-state index contributed by atoms with van der Waals surface area (Å²) < 4.78 is 64.3. The Bertz CT molecular complexity index is 864. The van der Waals surface area contributed by atoms with E-state index in [2.05, 4.69) is 6.58 Å². The van der Waals surface area contributed by atoms with Gasteiger partial charge in [-0.15, -0.1) is 6.58 Å². The monoisotopic (exact) mass is 422 g/mol. The highest BCUT2D eigenvalue weighted by Crippen LogP contribution is 2.32. The first-order valence-corrected chi connectivity index (χ1v) is 9.83. The molecule has 0 atom stereocenters. The minimum Gasteiger partial charge on any atom is -0.493 e. The van der Waals surface area contributed by atoms with Crippen molar-refractivity contribution in [2.75, 3.05) is 26.4 Å². The predicted molar refractivity (Wildman–Crippen MR) is 106 cm³/mol. The predicted octanol–water partition coefficient (Wildman–Crippen LogP) is 5.50. The van der Waals surface area contributed by atoms with Crippen LogP contribution in [0.25, 0.3) is 0 Å². The van der Waals surface area contributed by atoms with Crippen LogP contribution in [0.5, 0.6) is 11.5 Å². The molecule has 30 heavy (non-hydrogen) atoms.